The van der Waals surface area contributed by atoms with E-state index in [4.69, 9.17) is 6.42 Å². The molecule has 0 aliphatic rings. The summed E-state index contributed by atoms with van der Waals surface area (Å²) in [7, 11) is 0. The predicted octanol–water partition coefficient (Wildman–Crippen LogP) is 1.31. The lowest BCUT2D eigenvalue weighted by atomic mass is 10.1. The zero-order chi connectivity index (χ0) is 10.1. The molecule has 0 spiro atoms. The molecule has 2 aromatic rings. The normalized spacial score (nSPS) is 12.6. The van der Waals surface area contributed by atoms with E-state index in [0.29, 0.717) is 5.69 Å². The van der Waals surface area contributed by atoms with Gasteiger partial charge in [-0.15, -0.1) is 6.42 Å². The third kappa shape index (κ3) is 1.17. The number of aromatic nitrogens is 2. The first kappa shape index (κ1) is 8.79. The number of nitrogens with zero attached hydrogens (tertiary/aromatic N) is 2. The molecule has 70 valence electrons. The molecule has 1 atom stereocenters. The number of terminal acetylenes is 1. The van der Waals surface area contributed by atoms with E-state index in [0.717, 1.165) is 11.1 Å². The van der Waals surface area contributed by atoms with Gasteiger partial charge in [0.25, 0.3) is 0 Å². The second-order valence-corrected chi connectivity index (χ2v) is 3.16. The summed E-state index contributed by atoms with van der Waals surface area (Å²) in [6.07, 6.45) is 7.70. The van der Waals surface area contributed by atoms with Crippen molar-refractivity contribution in [2.45, 2.75) is 13.0 Å². The highest BCUT2D eigenvalue weighted by molar-refractivity contribution is 5.49. The SMILES string of the molecule is C#CC(O)c1c(C)ccc2cncn12. The molecular formula is C11H10N2O. The van der Waals surface area contributed by atoms with Crippen LogP contribution in [0.5, 0.6) is 0 Å². The Bertz CT molecular complexity index is 507. The highest BCUT2D eigenvalue weighted by atomic mass is 16.3. The lowest BCUT2D eigenvalue weighted by molar-refractivity contribution is 0.231. The average Bonchev–Trinajstić information content (AvgIpc) is 2.64. The van der Waals surface area contributed by atoms with E-state index in [2.05, 4.69) is 10.9 Å². The average molecular weight is 186 g/mol. The van der Waals surface area contributed by atoms with Crippen LogP contribution in [0, 0.1) is 19.3 Å². The van der Waals surface area contributed by atoms with Crippen LogP contribution in [0.3, 0.4) is 0 Å². The molecular weight excluding hydrogens is 176 g/mol. The van der Waals surface area contributed by atoms with Crippen LogP contribution < -0.4 is 0 Å². The molecule has 0 aliphatic heterocycles. The van der Waals surface area contributed by atoms with Crippen LogP contribution in [0.15, 0.2) is 24.7 Å². The zero-order valence-corrected chi connectivity index (χ0v) is 7.81. The van der Waals surface area contributed by atoms with E-state index >= 15 is 0 Å². The van der Waals surface area contributed by atoms with Crippen LogP contribution in [0.1, 0.15) is 17.4 Å². The van der Waals surface area contributed by atoms with E-state index in [9.17, 15) is 5.11 Å². The Labute approximate surface area is 82.0 Å². The largest absolute Gasteiger partial charge is 0.375 e. The maximum atomic E-state index is 9.64. The highest BCUT2D eigenvalue weighted by Crippen LogP contribution is 2.18. The molecule has 0 radical (unpaired) electrons. The van der Waals surface area contributed by atoms with Gasteiger partial charge in [0, 0.05) is 0 Å². The Hall–Kier alpha value is -1.79. The van der Waals surface area contributed by atoms with Crippen molar-refractivity contribution in [1.29, 1.82) is 0 Å². The first-order valence-electron chi connectivity index (χ1n) is 4.30. The summed E-state index contributed by atoms with van der Waals surface area (Å²) in [5, 5.41) is 9.64. The fourth-order valence-corrected chi connectivity index (χ4v) is 1.54. The number of hydrogen-bond acceptors (Lipinski definition) is 2. The molecule has 0 aliphatic carbocycles. The molecule has 14 heavy (non-hydrogen) atoms. The molecule has 0 aromatic carbocycles. The number of aliphatic hydroxyl groups is 1. The minimum Gasteiger partial charge on any atom is -0.375 e. The van der Waals surface area contributed by atoms with E-state index in [1.165, 1.54) is 0 Å². The van der Waals surface area contributed by atoms with Gasteiger partial charge in [-0.1, -0.05) is 12.0 Å². The first-order chi connectivity index (χ1) is 6.74. The summed E-state index contributed by atoms with van der Waals surface area (Å²) in [5.41, 5.74) is 2.60. The summed E-state index contributed by atoms with van der Waals surface area (Å²) in [5.74, 6) is 2.31. The van der Waals surface area contributed by atoms with E-state index in [1.54, 1.807) is 16.9 Å². The van der Waals surface area contributed by atoms with Crippen molar-refractivity contribution in [1.82, 2.24) is 9.38 Å². The number of aryl methyl sites for hydroxylation is 1. The minimum absolute atomic E-state index is 0.711. The molecule has 0 fully saturated rings. The lowest BCUT2D eigenvalue weighted by Gasteiger charge is -2.10. The van der Waals surface area contributed by atoms with Crippen molar-refractivity contribution in [3.05, 3.63) is 35.9 Å². The molecule has 2 aromatic heterocycles. The second-order valence-electron chi connectivity index (χ2n) is 3.16. The molecule has 2 rings (SSSR count). The van der Waals surface area contributed by atoms with Crippen LogP contribution >= 0.6 is 0 Å². The standard InChI is InChI=1S/C11H10N2O/c1-3-10(14)11-8(2)4-5-9-6-12-7-13(9)11/h1,4-7,10,14H,2H3. The van der Waals surface area contributed by atoms with Crippen LogP contribution in [-0.2, 0) is 0 Å². The molecule has 2 heterocycles. The van der Waals surface area contributed by atoms with Gasteiger partial charge in [0.1, 0.15) is 0 Å². The van der Waals surface area contributed by atoms with Gasteiger partial charge < -0.3 is 5.11 Å². The Morgan fingerprint density at radius 3 is 3.07 bits per heavy atom. The summed E-state index contributed by atoms with van der Waals surface area (Å²) in [4.78, 5) is 4.00. The fourth-order valence-electron chi connectivity index (χ4n) is 1.54. The predicted molar refractivity (Wildman–Crippen MR) is 53.7 cm³/mol. The maximum Gasteiger partial charge on any atom is 0.155 e. The lowest BCUT2D eigenvalue weighted by Crippen LogP contribution is -2.04. The third-order valence-corrected chi connectivity index (χ3v) is 2.25. The Kier molecular flexibility index (Phi) is 1.99. The number of imidazole rings is 1. The van der Waals surface area contributed by atoms with Crippen LogP contribution in [0.4, 0.5) is 0 Å². The second kappa shape index (κ2) is 3.17. The third-order valence-electron chi connectivity index (χ3n) is 2.25. The van der Waals surface area contributed by atoms with Crippen LogP contribution in [-0.4, -0.2) is 14.5 Å². The molecule has 0 saturated carbocycles. The van der Waals surface area contributed by atoms with Crippen LogP contribution in [0.2, 0.25) is 0 Å². The summed E-state index contributed by atoms with van der Waals surface area (Å²) < 4.78 is 1.81. The van der Waals surface area contributed by atoms with Crippen molar-refractivity contribution in [3.8, 4) is 12.3 Å². The molecule has 0 bridgehead atoms. The smallest absolute Gasteiger partial charge is 0.155 e. The number of pyridine rings is 1. The van der Waals surface area contributed by atoms with E-state index in [-0.39, 0.29) is 0 Å². The van der Waals surface area contributed by atoms with Gasteiger partial charge in [-0.3, -0.25) is 4.40 Å². The Morgan fingerprint density at radius 2 is 2.36 bits per heavy atom. The molecule has 3 nitrogen and oxygen atoms in total. The molecule has 3 heteroatoms. The van der Waals surface area contributed by atoms with E-state index in [1.807, 2.05) is 19.1 Å². The Morgan fingerprint density at radius 1 is 1.57 bits per heavy atom. The summed E-state index contributed by atoms with van der Waals surface area (Å²) in [6, 6.07) is 3.86. The van der Waals surface area contributed by atoms with Gasteiger partial charge in [-0.05, 0) is 18.6 Å². The van der Waals surface area contributed by atoms with E-state index < -0.39 is 6.10 Å². The fraction of sp³-hybridized carbons (Fsp3) is 0.182. The van der Waals surface area contributed by atoms with Crippen molar-refractivity contribution >= 4 is 5.52 Å². The van der Waals surface area contributed by atoms with Crippen molar-refractivity contribution in [2.24, 2.45) is 0 Å². The number of aliphatic hydroxyl groups excluding tert-OH is 1. The molecule has 0 amide bonds. The van der Waals surface area contributed by atoms with Gasteiger partial charge in [-0.2, -0.15) is 0 Å². The maximum absolute atomic E-state index is 9.64. The van der Waals surface area contributed by atoms with Gasteiger partial charge in [0.2, 0.25) is 0 Å². The minimum atomic E-state index is -0.882. The number of hydrogen-bond donors (Lipinski definition) is 1. The highest BCUT2D eigenvalue weighted by Gasteiger charge is 2.11. The molecule has 0 saturated heterocycles. The van der Waals surface area contributed by atoms with Crippen LogP contribution in [0.25, 0.3) is 5.52 Å². The quantitative estimate of drug-likeness (QED) is 0.682. The van der Waals surface area contributed by atoms with Gasteiger partial charge >= 0.3 is 0 Å². The van der Waals surface area contributed by atoms with Gasteiger partial charge in [0.15, 0.2) is 6.10 Å². The summed E-state index contributed by atoms with van der Waals surface area (Å²) >= 11 is 0. The van der Waals surface area contributed by atoms with Gasteiger partial charge in [-0.25, -0.2) is 4.98 Å². The van der Waals surface area contributed by atoms with Crippen molar-refractivity contribution < 1.29 is 5.11 Å². The monoisotopic (exact) mass is 186 g/mol. The number of rotatable bonds is 1. The molecule has 1 unspecified atom stereocenters. The van der Waals surface area contributed by atoms with Crippen molar-refractivity contribution in [3.63, 3.8) is 0 Å². The topological polar surface area (TPSA) is 37.5 Å². The summed E-state index contributed by atoms with van der Waals surface area (Å²) in [6.45, 7) is 1.91. The van der Waals surface area contributed by atoms with Crippen molar-refractivity contribution in [2.75, 3.05) is 0 Å². The Balaban J connectivity index is 2.78. The number of fused-ring (bicyclic) bond motifs is 1. The zero-order valence-electron chi connectivity index (χ0n) is 7.81. The molecule has 1 N–H and O–H groups in total. The van der Waals surface area contributed by atoms with Gasteiger partial charge in [0.05, 0.1) is 23.7 Å². The first-order valence-corrected chi connectivity index (χ1v) is 4.30.